The first kappa shape index (κ1) is 24.1. The lowest BCUT2D eigenvalue weighted by molar-refractivity contribution is -0.130. The van der Waals surface area contributed by atoms with Crippen LogP contribution in [0, 0.1) is 11.7 Å². The lowest BCUT2D eigenvalue weighted by Crippen LogP contribution is -2.52. The molecule has 2 N–H and O–H groups in total. The maximum absolute atomic E-state index is 13.3. The molecule has 10 heteroatoms. The summed E-state index contributed by atoms with van der Waals surface area (Å²) in [4.78, 5) is 38.4. The minimum Gasteiger partial charge on any atom is -0.442 e. The molecule has 1 aliphatic heterocycles. The zero-order chi connectivity index (χ0) is 24.1. The van der Waals surface area contributed by atoms with Gasteiger partial charge in [-0.15, -0.1) is 0 Å². The lowest BCUT2D eigenvalue weighted by atomic mass is 9.98. The Labute approximate surface area is 201 Å². The lowest BCUT2D eigenvalue weighted by Gasteiger charge is -2.35. The standard InChI is InChI=1S/C24H27ClFN5O3/c1-31-13-16(14-31)23(33)28-18(5-3-2-4-6-19(32)24-27-11-12-34-24)20-21(25)30-22(29-20)15-7-9-17(26)10-8-15/h7-12,16,18H,2-6,13-14H2,1H3,(H,28,33)(H,29,30). The Hall–Kier alpha value is -3.04. The van der Waals surface area contributed by atoms with Crippen LogP contribution in [0.15, 0.2) is 41.1 Å². The van der Waals surface area contributed by atoms with Gasteiger partial charge in [0, 0.05) is 25.1 Å². The predicted octanol–water partition coefficient (Wildman–Crippen LogP) is 4.41. The molecule has 1 aromatic carbocycles. The Morgan fingerprint density at radius 1 is 1.26 bits per heavy atom. The molecule has 0 bridgehead atoms. The van der Waals surface area contributed by atoms with Crippen molar-refractivity contribution in [3.05, 3.63) is 59.3 Å². The Morgan fingerprint density at radius 2 is 2.03 bits per heavy atom. The first-order chi connectivity index (χ1) is 16.4. The van der Waals surface area contributed by atoms with Crippen LogP contribution in [0.4, 0.5) is 4.39 Å². The molecule has 1 saturated heterocycles. The minimum absolute atomic E-state index is 0.0174. The van der Waals surface area contributed by atoms with Crippen molar-refractivity contribution in [3.8, 4) is 11.4 Å². The number of oxazole rings is 1. The highest BCUT2D eigenvalue weighted by molar-refractivity contribution is 6.30. The van der Waals surface area contributed by atoms with E-state index in [2.05, 4.69) is 25.2 Å². The molecule has 0 saturated carbocycles. The van der Waals surface area contributed by atoms with Gasteiger partial charge < -0.3 is 19.6 Å². The minimum atomic E-state index is -0.352. The summed E-state index contributed by atoms with van der Waals surface area (Å²) in [6.45, 7) is 1.44. The second-order valence-electron chi connectivity index (χ2n) is 8.64. The number of aromatic amines is 1. The van der Waals surface area contributed by atoms with E-state index in [4.69, 9.17) is 16.0 Å². The number of rotatable bonds is 11. The van der Waals surface area contributed by atoms with Crippen molar-refractivity contribution in [1.82, 2.24) is 25.2 Å². The third-order valence-electron chi connectivity index (χ3n) is 5.97. The third kappa shape index (κ3) is 5.90. The largest absolute Gasteiger partial charge is 0.442 e. The highest BCUT2D eigenvalue weighted by Crippen LogP contribution is 2.29. The van der Waals surface area contributed by atoms with E-state index in [-0.39, 0.29) is 40.5 Å². The summed E-state index contributed by atoms with van der Waals surface area (Å²) in [5, 5.41) is 3.39. The summed E-state index contributed by atoms with van der Waals surface area (Å²) in [7, 11) is 1.97. The number of carbonyl (C=O) groups is 2. The number of benzene rings is 1. The molecule has 1 amide bonds. The molecule has 8 nitrogen and oxygen atoms in total. The molecule has 180 valence electrons. The first-order valence-corrected chi connectivity index (χ1v) is 11.7. The number of likely N-dealkylation sites (tertiary alicyclic amines) is 1. The highest BCUT2D eigenvalue weighted by Gasteiger charge is 2.32. The molecule has 1 atom stereocenters. The maximum atomic E-state index is 13.3. The summed E-state index contributed by atoms with van der Waals surface area (Å²) >= 11 is 6.46. The van der Waals surface area contributed by atoms with E-state index in [9.17, 15) is 14.0 Å². The fraction of sp³-hybridized carbons (Fsp3) is 0.417. The van der Waals surface area contributed by atoms with E-state index < -0.39 is 0 Å². The van der Waals surface area contributed by atoms with Gasteiger partial charge in [-0.3, -0.25) is 9.59 Å². The predicted molar refractivity (Wildman–Crippen MR) is 125 cm³/mol. The van der Waals surface area contributed by atoms with Crippen LogP contribution in [0.2, 0.25) is 5.15 Å². The van der Waals surface area contributed by atoms with E-state index in [0.29, 0.717) is 36.3 Å². The second kappa shape index (κ2) is 10.9. The second-order valence-corrected chi connectivity index (χ2v) is 8.99. The van der Waals surface area contributed by atoms with Crippen molar-refractivity contribution >= 4 is 23.3 Å². The zero-order valence-corrected chi connectivity index (χ0v) is 19.6. The molecule has 1 fully saturated rings. The fourth-order valence-corrected chi connectivity index (χ4v) is 4.33. The molecule has 0 radical (unpaired) electrons. The molecule has 2 aromatic heterocycles. The van der Waals surface area contributed by atoms with Crippen LogP contribution < -0.4 is 5.32 Å². The number of hydrogen-bond donors (Lipinski definition) is 2. The Bertz CT molecular complexity index is 1110. The monoisotopic (exact) mass is 487 g/mol. The normalized spacial score (nSPS) is 15.1. The van der Waals surface area contributed by atoms with Gasteiger partial charge in [0.2, 0.25) is 11.7 Å². The maximum Gasteiger partial charge on any atom is 0.263 e. The van der Waals surface area contributed by atoms with Crippen LogP contribution >= 0.6 is 11.6 Å². The number of halogens is 2. The number of carbonyl (C=O) groups excluding carboxylic acids is 2. The third-order valence-corrected chi connectivity index (χ3v) is 6.26. The number of imidazole rings is 1. The summed E-state index contributed by atoms with van der Waals surface area (Å²) in [5.74, 6) is 0.121. The first-order valence-electron chi connectivity index (χ1n) is 11.3. The number of H-pyrrole nitrogens is 1. The smallest absolute Gasteiger partial charge is 0.263 e. The van der Waals surface area contributed by atoms with E-state index in [0.717, 1.165) is 25.9 Å². The number of nitrogens with zero attached hydrogens (tertiary/aromatic N) is 3. The van der Waals surface area contributed by atoms with Crippen molar-refractivity contribution in [2.45, 2.75) is 38.1 Å². The summed E-state index contributed by atoms with van der Waals surface area (Å²) in [6.07, 6.45) is 6.07. The van der Waals surface area contributed by atoms with Gasteiger partial charge in [-0.2, -0.15) is 0 Å². The highest BCUT2D eigenvalue weighted by atomic mass is 35.5. The number of unbranched alkanes of at least 4 members (excludes halogenated alkanes) is 2. The van der Waals surface area contributed by atoms with Crippen molar-refractivity contribution in [2.75, 3.05) is 20.1 Å². The Kier molecular flexibility index (Phi) is 7.74. The van der Waals surface area contributed by atoms with E-state index in [1.165, 1.54) is 24.6 Å². The van der Waals surface area contributed by atoms with Crippen LogP contribution in [0.1, 0.15) is 54.5 Å². The van der Waals surface area contributed by atoms with E-state index in [1.807, 2.05) is 7.05 Å². The van der Waals surface area contributed by atoms with Crippen molar-refractivity contribution in [3.63, 3.8) is 0 Å². The van der Waals surface area contributed by atoms with Crippen LogP contribution in [0.5, 0.6) is 0 Å². The summed E-state index contributed by atoms with van der Waals surface area (Å²) < 4.78 is 18.3. The average Bonchev–Trinajstić information content (AvgIpc) is 3.46. The van der Waals surface area contributed by atoms with Crippen LogP contribution in [0.25, 0.3) is 11.4 Å². The summed E-state index contributed by atoms with van der Waals surface area (Å²) in [6, 6.07) is 5.61. The van der Waals surface area contributed by atoms with Gasteiger partial charge in [-0.1, -0.05) is 24.4 Å². The van der Waals surface area contributed by atoms with Crippen molar-refractivity contribution < 1.29 is 18.4 Å². The van der Waals surface area contributed by atoms with E-state index in [1.54, 1.807) is 12.1 Å². The van der Waals surface area contributed by atoms with Crippen LogP contribution in [-0.2, 0) is 4.79 Å². The molecular formula is C24H27ClFN5O3. The molecule has 3 heterocycles. The van der Waals surface area contributed by atoms with Gasteiger partial charge in [-0.05, 0) is 44.2 Å². The van der Waals surface area contributed by atoms with Gasteiger partial charge >= 0.3 is 0 Å². The Morgan fingerprint density at radius 3 is 2.71 bits per heavy atom. The van der Waals surface area contributed by atoms with Crippen molar-refractivity contribution in [1.29, 1.82) is 0 Å². The number of amides is 1. The molecule has 4 rings (SSSR count). The SMILES string of the molecule is CN1CC(C(=O)NC(CCCCCC(=O)c2ncco2)c2[nH]c(-c3ccc(F)cc3)nc2Cl)C1. The fourth-order valence-electron chi connectivity index (χ4n) is 4.06. The number of hydrogen-bond acceptors (Lipinski definition) is 6. The molecule has 3 aromatic rings. The molecule has 0 spiro atoms. The van der Waals surface area contributed by atoms with Gasteiger partial charge in [0.15, 0.2) is 5.15 Å². The Balaban J connectivity index is 1.40. The molecule has 1 unspecified atom stereocenters. The number of Topliss-reactive ketones (excluding diaryl/α,β-unsaturated/α-hetero) is 1. The van der Waals surface area contributed by atoms with Gasteiger partial charge in [0.25, 0.3) is 5.89 Å². The molecule has 1 aliphatic rings. The zero-order valence-electron chi connectivity index (χ0n) is 18.9. The van der Waals surface area contributed by atoms with Gasteiger partial charge in [0.1, 0.15) is 17.9 Å². The number of aromatic nitrogens is 3. The van der Waals surface area contributed by atoms with Gasteiger partial charge in [-0.25, -0.2) is 14.4 Å². The topological polar surface area (TPSA) is 104 Å². The van der Waals surface area contributed by atoms with Gasteiger partial charge in [0.05, 0.1) is 23.9 Å². The quantitative estimate of drug-likeness (QED) is 0.306. The number of nitrogens with one attached hydrogen (secondary N) is 2. The molecular weight excluding hydrogens is 461 g/mol. The summed E-state index contributed by atoms with van der Waals surface area (Å²) in [5.41, 5.74) is 1.32. The van der Waals surface area contributed by atoms with Crippen LogP contribution in [-0.4, -0.2) is 51.7 Å². The average molecular weight is 488 g/mol. The van der Waals surface area contributed by atoms with Crippen LogP contribution in [0.3, 0.4) is 0 Å². The number of ketones is 1. The molecule has 0 aliphatic carbocycles. The molecule has 34 heavy (non-hydrogen) atoms. The van der Waals surface area contributed by atoms with E-state index >= 15 is 0 Å². The van der Waals surface area contributed by atoms with Crippen molar-refractivity contribution in [2.24, 2.45) is 5.92 Å².